The standard InChI is InChI=1S/C11H14Cl/c1-9(2)3-4-10-5-7-11(12)8-6-10/h5-8H,3-4H2,1-2H3. The average Bonchev–Trinajstić information content (AvgIpc) is 2.03. The summed E-state index contributed by atoms with van der Waals surface area (Å²) in [4.78, 5) is 0. The van der Waals surface area contributed by atoms with Gasteiger partial charge in [0.1, 0.15) is 0 Å². The number of aryl methyl sites for hydroxylation is 1. The van der Waals surface area contributed by atoms with Gasteiger partial charge >= 0.3 is 0 Å². The van der Waals surface area contributed by atoms with E-state index >= 15 is 0 Å². The minimum Gasteiger partial charge on any atom is -0.0843 e. The van der Waals surface area contributed by atoms with Gasteiger partial charge in [-0.2, -0.15) is 0 Å². The zero-order valence-corrected chi connectivity index (χ0v) is 8.36. The Morgan fingerprint density at radius 3 is 2.25 bits per heavy atom. The zero-order valence-electron chi connectivity index (χ0n) is 7.60. The van der Waals surface area contributed by atoms with Gasteiger partial charge in [-0.25, -0.2) is 0 Å². The molecule has 1 aromatic carbocycles. The summed E-state index contributed by atoms with van der Waals surface area (Å²) in [5, 5.41) is 0.816. The molecule has 0 nitrogen and oxygen atoms in total. The second-order valence-corrected chi connectivity index (χ2v) is 3.77. The van der Waals surface area contributed by atoms with Gasteiger partial charge < -0.3 is 0 Å². The number of benzene rings is 1. The third-order valence-corrected chi connectivity index (χ3v) is 2.08. The number of halogens is 1. The maximum atomic E-state index is 5.77. The average molecular weight is 182 g/mol. The van der Waals surface area contributed by atoms with Crippen molar-refractivity contribution in [3.63, 3.8) is 0 Å². The first-order chi connectivity index (χ1) is 5.68. The van der Waals surface area contributed by atoms with E-state index in [0.717, 1.165) is 11.4 Å². The van der Waals surface area contributed by atoms with Crippen LogP contribution in [0, 0.1) is 5.92 Å². The highest BCUT2D eigenvalue weighted by atomic mass is 35.5. The summed E-state index contributed by atoms with van der Waals surface area (Å²) in [7, 11) is 0. The summed E-state index contributed by atoms with van der Waals surface area (Å²) in [6.07, 6.45) is 2.29. The maximum Gasteiger partial charge on any atom is 0.0406 e. The Kier molecular flexibility index (Phi) is 3.61. The van der Waals surface area contributed by atoms with Gasteiger partial charge in [0.15, 0.2) is 0 Å². The first kappa shape index (κ1) is 9.60. The van der Waals surface area contributed by atoms with Crippen LogP contribution in [0.4, 0.5) is 0 Å². The first-order valence-electron chi connectivity index (χ1n) is 4.22. The van der Waals surface area contributed by atoms with E-state index in [1.807, 2.05) is 12.1 Å². The van der Waals surface area contributed by atoms with E-state index in [2.05, 4.69) is 26.0 Å². The van der Waals surface area contributed by atoms with Crippen molar-refractivity contribution < 1.29 is 0 Å². The van der Waals surface area contributed by atoms with Crippen LogP contribution in [0.3, 0.4) is 0 Å². The van der Waals surface area contributed by atoms with E-state index in [1.54, 1.807) is 0 Å². The third kappa shape index (κ3) is 3.27. The van der Waals surface area contributed by atoms with Gasteiger partial charge in [-0.1, -0.05) is 37.6 Å². The van der Waals surface area contributed by atoms with Crippen LogP contribution < -0.4 is 0 Å². The van der Waals surface area contributed by atoms with Crippen molar-refractivity contribution in [2.75, 3.05) is 0 Å². The van der Waals surface area contributed by atoms with E-state index in [9.17, 15) is 0 Å². The molecule has 1 aromatic rings. The van der Waals surface area contributed by atoms with Gasteiger partial charge in [-0.15, -0.1) is 0 Å². The van der Waals surface area contributed by atoms with Crippen LogP contribution in [0.1, 0.15) is 25.8 Å². The minimum atomic E-state index is 0.816. The second-order valence-electron chi connectivity index (χ2n) is 3.33. The van der Waals surface area contributed by atoms with Crippen molar-refractivity contribution in [1.29, 1.82) is 0 Å². The molecule has 0 unspecified atom stereocenters. The predicted octanol–water partition coefficient (Wildman–Crippen LogP) is 3.89. The molecule has 0 heterocycles. The van der Waals surface area contributed by atoms with Crippen molar-refractivity contribution in [1.82, 2.24) is 0 Å². The molecule has 0 bridgehead atoms. The van der Waals surface area contributed by atoms with Crippen LogP contribution >= 0.6 is 11.6 Å². The molecular weight excluding hydrogens is 168 g/mol. The van der Waals surface area contributed by atoms with E-state index in [0.29, 0.717) is 0 Å². The van der Waals surface area contributed by atoms with Crippen LogP contribution in [0.15, 0.2) is 24.3 Å². The van der Waals surface area contributed by atoms with E-state index < -0.39 is 0 Å². The summed E-state index contributed by atoms with van der Waals surface area (Å²) in [5.41, 5.74) is 1.36. The van der Waals surface area contributed by atoms with Crippen molar-refractivity contribution in [2.24, 2.45) is 0 Å². The quantitative estimate of drug-likeness (QED) is 0.664. The summed E-state index contributed by atoms with van der Waals surface area (Å²) < 4.78 is 0. The van der Waals surface area contributed by atoms with Gasteiger partial charge in [-0.3, -0.25) is 0 Å². The normalized spacial score (nSPS) is 10.7. The predicted molar refractivity (Wildman–Crippen MR) is 54.4 cm³/mol. The number of hydrogen-bond acceptors (Lipinski definition) is 0. The first-order valence-corrected chi connectivity index (χ1v) is 4.60. The monoisotopic (exact) mass is 181 g/mol. The molecule has 12 heavy (non-hydrogen) atoms. The van der Waals surface area contributed by atoms with Crippen molar-refractivity contribution >= 4 is 11.6 Å². The molecule has 0 aliphatic heterocycles. The molecule has 1 radical (unpaired) electrons. The van der Waals surface area contributed by atoms with Gasteiger partial charge in [0.25, 0.3) is 0 Å². The molecule has 1 heteroatoms. The Hall–Kier alpha value is -0.490. The Morgan fingerprint density at radius 2 is 1.75 bits per heavy atom. The van der Waals surface area contributed by atoms with Crippen LogP contribution in [0.2, 0.25) is 5.02 Å². The summed E-state index contributed by atoms with van der Waals surface area (Å²) in [5.74, 6) is 1.48. The fraction of sp³-hybridized carbons (Fsp3) is 0.364. The lowest BCUT2D eigenvalue weighted by Gasteiger charge is -2.03. The fourth-order valence-corrected chi connectivity index (χ4v) is 1.17. The van der Waals surface area contributed by atoms with Crippen LogP contribution in [0.25, 0.3) is 0 Å². The Morgan fingerprint density at radius 1 is 1.17 bits per heavy atom. The van der Waals surface area contributed by atoms with E-state index in [4.69, 9.17) is 11.6 Å². The smallest absolute Gasteiger partial charge is 0.0406 e. The molecular formula is C11H14Cl. The Labute approximate surface area is 79.6 Å². The fourth-order valence-electron chi connectivity index (χ4n) is 1.05. The summed E-state index contributed by atoms with van der Waals surface area (Å²) in [6, 6.07) is 8.07. The maximum absolute atomic E-state index is 5.77. The molecule has 0 aromatic heterocycles. The molecule has 0 saturated carbocycles. The highest BCUT2D eigenvalue weighted by molar-refractivity contribution is 6.30. The van der Waals surface area contributed by atoms with Gasteiger partial charge in [0.05, 0.1) is 0 Å². The van der Waals surface area contributed by atoms with Crippen molar-refractivity contribution in [3.05, 3.63) is 40.8 Å². The summed E-state index contributed by atoms with van der Waals surface area (Å²) >= 11 is 5.77. The minimum absolute atomic E-state index is 0.816. The molecule has 0 aliphatic carbocycles. The number of hydrogen-bond donors (Lipinski definition) is 0. The molecule has 1 rings (SSSR count). The Balaban J connectivity index is 2.48. The van der Waals surface area contributed by atoms with Gasteiger partial charge in [0, 0.05) is 5.02 Å². The second kappa shape index (κ2) is 4.51. The lowest BCUT2D eigenvalue weighted by Crippen LogP contribution is -1.89. The topological polar surface area (TPSA) is 0 Å². The van der Waals surface area contributed by atoms with E-state index in [1.165, 1.54) is 17.9 Å². The highest BCUT2D eigenvalue weighted by Gasteiger charge is 1.96. The van der Waals surface area contributed by atoms with Crippen LogP contribution in [-0.2, 0) is 6.42 Å². The lowest BCUT2D eigenvalue weighted by molar-refractivity contribution is 0.831. The molecule has 0 spiro atoms. The Bertz CT molecular complexity index is 223. The van der Waals surface area contributed by atoms with Crippen molar-refractivity contribution in [2.45, 2.75) is 26.7 Å². The zero-order chi connectivity index (χ0) is 8.97. The van der Waals surface area contributed by atoms with Gasteiger partial charge in [-0.05, 0) is 36.5 Å². The summed E-state index contributed by atoms with van der Waals surface area (Å²) in [6.45, 7) is 4.33. The van der Waals surface area contributed by atoms with Gasteiger partial charge in [0.2, 0.25) is 0 Å². The molecule has 0 N–H and O–H groups in total. The molecule has 0 aliphatic rings. The molecule has 65 valence electrons. The largest absolute Gasteiger partial charge is 0.0843 e. The number of rotatable bonds is 3. The SMILES string of the molecule is C[C](C)CCc1ccc(Cl)cc1. The van der Waals surface area contributed by atoms with Crippen LogP contribution in [0.5, 0.6) is 0 Å². The highest BCUT2D eigenvalue weighted by Crippen LogP contribution is 2.13. The molecule has 0 amide bonds. The lowest BCUT2D eigenvalue weighted by atomic mass is 10.0. The van der Waals surface area contributed by atoms with E-state index in [-0.39, 0.29) is 0 Å². The van der Waals surface area contributed by atoms with Crippen molar-refractivity contribution in [3.8, 4) is 0 Å². The third-order valence-electron chi connectivity index (χ3n) is 1.83. The molecule has 0 atom stereocenters. The molecule has 0 fully saturated rings. The van der Waals surface area contributed by atoms with Crippen LogP contribution in [-0.4, -0.2) is 0 Å². The molecule has 0 saturated heterocycles.